The van der Waals surface area contributed by atoms with E-state index in [9.17, 15) is 14.4 Å². The highest BCUT2D eigenvalue weighted by Crippen LogP contribution is 2.18. The first kappa shape index (κ1) is 65.4. The lowest BCUT2D eigenvalue weighted by molar-refractivity contribution is -0.167. The standard InChI is InChI=1S/C61H118O6/c1-5-7-9-11-13-15-17-19-21-25-30-34-38-42-46-50-54-61(64)67-58(55-65-59(62)52-48-44-40-36-32-28-23-20-18-16-14-12-10-8-6-2)56-66-60(63)53-49-45-41-37-33-29-26-22-24-27-31-35-39-43-47-51-57(3)4/h57-58H,5-56H2,1-4H3/t58-/m0/s1. The fraction of sp³-hybridized carbons (Fsp3) is 0.951. The Morgan fingerprint density at radius 3 is 0.731 bits per heavy atom. The van der Waals surface area contributed by atoms with Gasteiger partial charge in [0.25, 0.3) is 0 Å². The van der Waals surface area contributed by atoms with Gasteiger partial charge >= 0.3 is 17.9 Å². The van der Waals surface area contributed by atoms with Gasteiger partial charge in [0.2, 0.25) is 0 Å². The number of unbranched alkanes of at least 4 members (excludes halogenated alkanes) is 43. The molecule has 0 aromatic rings. The summed E-state index contributed by atoms with van der Waals surface area (Å²) in [5, 5.41) is 0. The van der Waals surface area contributed by atoms with Crippen LogP contribution in [-0.2, 0) is 28.6 Å². The van der Waals surface area contributed by atoms with Crippen molar-refractivity contribution in [3.63, 3.8) is 0 Å². The molecule has 6 heteroatoms. The van der Waals surface area contributed by atoms with Crippen molar-refractivity contribution < 1.29 is 28.6 Å². The first-order chi connectivity index (χ1) is 32.9. The van der Waals surface area contributed by atoms with Gasteiger partial charge in [0.15, 0.2) is 6.10 Å². The SMILES string of the molecule is CCCCCCCCCCCCCCCCCCC(=O)O[C@@H](COC(=O)CCCCCCCCCCCCCCCCC)COC(=O)CCCCCCCCCCCCCCCCCC(C)C. The van der Waals surface area contributed by atoms with Gasteiger partial charge in [-0.3, -0.25) is 14.4 Å². The van der Waals surface area contributed by atoms with Crippen molar-refractivity contribution in [3.8, 4) is 0 Å². The van der Waals surface area contributed by atoms with Gasteiger partial charge in [0.1, 0.15) is 13.2 Å². The zero-order valence-corrected chi connectivity index (χ0v) is 45.9. The second-order valence-corrected chi connectivity index (χ2v) is 21.5. The number of ether oxygens (including phenoxy) is 3. The third-order valence-corrected chi connectivity index (χ3v) is 14.0. The molecule has 0 heterocycles. The molecule has 0 aliphatic carbocycles. The Labute approximate surface area is 418 Å². The molecule has 67 heavy (non-hydrogen) atoms. The lowest BCUT2D eigenvalue weighted by Crippen LogP contribution is -2.30. The van der Waals surface area contributed by atoms with E-state index in [1.54, 1.807) is 0 Å². The van der Waals surface area contributed by atoms with Crippen LogP contribution in [0.5, 0.6) is 0 Å². The predicted molar refractivity (Wildman–Crippen MR) is 289 cm³/mol. The van der Waals surface area contributed by atoms with Gasteiger partial charge in [0, 0.05) is 19.3 Å². The molecule has 0 aromatic carbocycles. The number of carbonyl (C=O) groups is 3. The van der Waals surface area contributed by atoms with E-state index < -0.39 is 6.10 Å². The molecule has 0 bridgehead atoms. The van der Waals surface area contributed by atoms with Crippen LogP contribution in [-0.4, -0.2) is 37.2 Å². The highest BCUT2D eigenvalue weighted by atomic mass is 16.6. The van der Waals surface area contributed by atoms with E-state index in [1.807, 2.05) is 0 Å². The quantitative estimate of drug-likeness (QED) is 0.0343. The molecular weight excluding hydrogens is 829 g/mol. The minimum Gasteiger partial charge on any atom is -0.462 e. The molecule has 0 fully saturated rings. The van der Waals surface area contributed by atoms with Gasteiger partial charge in [-0.1, -0.05) is 310 Å². The highest BCUT2D eigenvalue weighted by Gasteiger charge is 2.19. The molecule has 6 nitrogen and oxygen atoms in total. The Balaban J connectivity index is 4.29. The van der Waals surface area contributed by atoms with E-state index in [0.29, 0.717) is 19.3 Å². The van der Waals surface area contributed by atoms with Crippen molar-refractivity contribution in [2.45, 2.75) is 355 Å². The predicted octanol–water partition coefficient (Wildman–Crippen LogP) is 20.2. The average molecular weight is 948 g/mol. The van der Waals surface area contributed by atoms with Crippen LogP contribution in [0.2, 0.25) is 0 Å². The Morgan fingerprint density at radius 1 is 0.284 bits per heavy atom. The Hall–Kier alpha value is -1.59. The summed E-state index contributed by atoms with van der Waals surface area (Å²) < 4.78 is 16.9. The second kappa shape index (κ2) is 55.3. The van der Waals surface area contributed by atoms with Crippen LogP contribution < -0.4 is 0 Å². The Bertz CT molecular complexity index is 1010. The van der Waals surface area contributed by atoms with E-state index in [4.69, 9.17) is 14.2 Å². The number of rotatable bonds is 56. The second-order valence-electron chi connectivity index (χ2n) is 21.5. The summed E-state index contributed by atoms with van der Waals surface area (Å²) in [6.07, 6.45) is 60.9. The maximum atomic E-state index is 12.9. The van der Waals surface area contributed by atoms with Crippen LogP contribution in [0.1, 0.15) is 349 Å². The summed E-state index contributed by atoms with van der Waals surface area (Å²) in [4.78, 5) is 38.2. The van der Waals surface area contributed by atoms with Crippen LogP contribution in [0.3, 0.4) is 0 Å². The summed E-state index contributed by atoms with van der Waals surface area (Å²) >= 11 is 0. The van der Waals surface area contributed by atoms with Gasteiger partial charge < -0.3 is 14.2 Å². The molecule has 0 saturated carbocycles. The summed E-state index contributed by atoms with van der Waals surface area (Å²) in [6.45, 7) is 9.08. The molecule has 0 unspecified atom stereocenters. The molecule has 0 rings (SSSR count). The molecule has 0 aromatic heterocycles. The van der Waals surface area contributed by atoms with Crippen molar-refractivity contribution in [2.24, 2.45) is 5.92 Å². The molecule has 1 atom stereocenters. The molecule has 0 radical (unpaired) electrons. The molecule has 0 N–H and O–H groups in total. The summed E-state index contributed by atoms with van der Waals surface area (Å²) in [5.41, 5.74) is 0. The van der Waals surface area contributed by atoms with Crippen LogP contribution in [0.4, 0.5) is 0 Å². The van der Waals surface area contributed by atoms with Crippen LogP contribution in [0.15, 0.2) is 0 Å². The lowest BCUT2D eigenvalue weighted by atomic mass is 10.0. The van der Waals surface area contributed by atoms with E-state index >= 15 is 0 Å². The Morgan fingerprint density at radius 2 is 0.493 bits per heavy atom. The number of esters is 3. The molecule has 398 valence electrons. The smallest absolute Gasteiger partial charge is 0.306 e. The van der Waals surface area contributed by atoms with Crippen molar-refractivity contribution in [3.05, 3.63) is 0 Å². The van der Waals surface area contributed by atoms with Gasteiger partial charge in [0.05, 0.1) is 0 Å². The van der Waals surface area contributed by atoms with Crippen molar-refractivity contribution in [1.29, 1.82) is 0 Å². The number of hydrogen-bond donors (Lipinski definition) is 0. The molecule has 0 saturated heterocycles. The third-order valence-electron chi connectivity index (χ3n) is 14.0. The maximum absolute atomic E-state index is 12.9. The topological polar surface area (TPSA) is 78.9 Å². The van der Waals surface area contributed by atoms with Crippen LogP contribution >= 0.6 is 0 Å². The van der Waals surface area contributed by atoms with E-state index in [1.165, 1.54) is 244 Å². The minimum atomic E-state index is -0.762. The maximum Gasteiger partial charge on any atom is 0.306 e. The van der Waals surface area contributed by atoms with E-state index in [2.05, 4.69) is 27.7 Å². The molecule has 0 spiro atoms. The first-order valence-corrected chi connectivity index (χ1v) is 30.4. The molecule has 0 aliphatic rings. The van der Waals surface area contributed by atoms with Gasteiger partial charge in [-0.2, -0.15) is 0 Å². The van der Waals surface area contributed by atoms with Gasteiger partial charge in [-0.15, -0.1) is 0 Å². The number of carbonyl (C=O) groups excluding carboxylic acids is 3. The van der Waals surface area contributed by atoms with Gasteiger partial charge in [-0.05, 0) is 25.2 Å². The monoisotopic (exact) mass is 947 g/mol. The highest BCUT2D eigenvalue weighted by molar-refractivity contribution is 5.71. The van der Waals surface area contributed by atoms with E-state index in [0.717, 1.165) is 63.7 Å². The fourth-order valence-corrected chi connectivity index (χ4v) is 9.46. The van der Waals surface area contributed by atoms with Crippen LogP contribution in [0, 0.1) is 5.92 Å². The van der Waals surface area contributed by atoms with Crippen LogP contribution in [0.25, 0.3) is 0 Å². The fourth-order valence-electron chi connectivity index (χ4n) is 9.46. The largest absolute Gasteiger partial charge is 0.462 e. The molecule has 0 aliphatic heterocycles. The first-order valence-electron chi connectivity index (χ1n) is 30.4. The number of hydrogen-bond acceptors (Lipinski definition) is 6. The third kappa shape index (κ3) is 55.2. The van der Waals surface area contributed by atoms with Gasteiger partial charge in [-0.25, -0.2) is 0 Å². The van der Waals surface area contributed by atoms with E-state index in [-0.39, 0.29) is 31.1 Å². The summed E-state index contributed by atoms with van der Waals surface area (Å²) in [6, 6.07) is 0. The average Bonchev–Trinajstić information content (AvgIpc) is 3.31. The normalized spacial score (nSPS) is 12.0. The minimum absolute atomic E-state index is 0.0614. The Kier molecular flexibility index (Phi) is 54.0. The van der Waals surface area contributed by atoms with Crippen molar-refractivity contribution in [2.75, 3.05) is 13.2 Å². The lowest BCUT2D eigenvalue weighted by Gasteiger charge is -2.18. The molecular formula is C61H118O6. The summed E-state index contributed by atoms with van der Waals surface area (Å²) in [7, 11) is 0. The zero-order valence-electron chi connectivity index (χ0n) is 45.9. The summed E-state index contributed by atoms with van der Waals surface area (Å²) in [5.74, 6) is 0.0186. The zero-order chi connectivity index (χ0) is 48.8. The van der Waals surface area contributed by atoms with Crippen molar-refractivity contribution >= 4 is 17.9 Å². The van der Waals surface area contributed by atoms with Crippen molar-refractivity contribution in [1.82, 2.24) is 0 Å². The molecule has 0 amide bonds.